The summed E-state index contributed by atoms with van der Waals surface area (Å²) < 4.78 is 12.5. The number of halogens is 2. The Bertz CT molecular complexity index is 130. The van der Waals surface area contributed by atoms with Crippen LogP contribution in [0.1, 0.15) is 25.7 Å². The first-order valence-corrected chi connectivity index (χ1v) is 4.71. The third-order valence-corrected chi connectivity index (χ3v) is 3.17. The third kappa shape index (κ3) is 2.11. The number of rotatable bonds is 1. The number of nitrogens with one attached hydrogen (secondary N) is 1. The fourth-order valence-electron chi connectivity index (χ4n) is 2.29. The van der Waals surface area contributed by atoms with E-state index in [2.05, 4.69) is 5.32 Å². The molecule has 2 rings (SSSR count). The maximum Gasteiger partial charge on any atom is 0.101 e. The number of alkyl halides is 1. The molecule has 2 fully saturated rings. The van der Waals surface area contributed by atoms with Gasteiger partial charge in [0.25, 0.3) is 0 Å². The van der Waals surface area contributed by atoms with Gasteiger partial charge in [0.15, 0.2) is 0 Å². The van der Waals surface area contributed by atoms with Crippen molar-refractivity contribution in [2.45, 2.75) is 31.9 Å². The predicted molar refractivity (Wildman–Crippen MR) is 50.5 cm³/mol. The van der Waals surface area contributed by atoms with E-state index in [-0.39, 0.29) is 12.4 Å². The summed E-state index contributed by atoms with van der Waals surface area (Å²) in [6.07, 6.45) is 3.79. The van der Waals surface area contributed by atoms with Crippen molar-refractivity contribution in [3.05, 3.63) is 0 Å². The summed E-state index contributed by atoms with van der Waals surface area (Å²) in [5.41, 5.74) is 0. The Labute approximate surface area is 79.5 Å². The molecule has 1 heterocycles. The summed E-state index contributed by atoms with van der Waals surface area (Å²) in [4.78, 5) is 0. The number of piperidine rings is 1. The lowest BCUT2D eigenvalue weighted by atomic mass is 9.71. The summed E-state index contributed by atoms with van der Waals surface area (Å²) in [7, 11) is 0. The lowest BCUT2D eigenvalue weighted by Crippen LogP contribution is -2.37. The molecule has 1 N–H and O–H groups in total. The predicted octanol–water partition coefficient (Wildman–Crippen LogP) is 2.16. The van der Waals surface area contributed by atoms with Crippen molar-refractivity contribution >= 4 is 12.4 Å². The highest BCUT2D eigenvalue weighted by Gasteiger charge is 2.35. The maximum absolute atomic E-state index is 12.5. The van der Waals surface area contributed by atoms with Crippen molar-refractivity contribution in [3.63, 3.8) is 0 Å². The Hall–Kier alpha value is 0.180. The molecule has 12 heavy (non-hydrogen) atoms. The molecule has 1 saturated heterocycles. The van der Waals surface area contributed by atoms with Gasteiger partial charge in [-0.25, -0.2) is 4.39 Å². The topological polar surface area (TPSA) is 12.0 Å². The Kier molecular flexibility index (Phi) is 3.78. The van der Waals surface area contributed by atoms with E-state index >= 15 is 0 Å². The third-order valence-electron chi connectivity index (χ3n) is 3.17. The average molecular weight is 194 g/mol. The van der Waals surface area contributed by atoms with Crippen molar-refractivity contribution < 1.29 is 4.39 Å². The van der Waals surface area contributed by atoms with Gasteiger partial charge in [0.05, 0.1) is 0 Å². The van der Waals surface area contributed by atoms with Crippen LogP contribution in [-0.4, -0.2) is 19.3 Å². The highest BCUT2D eigenvalue weighted by Crippen LogP contribution is 2.39. The highest BCUT2D eigenvalue weighted by molar-refractivity contribution is 5.85. The van der Waals surface area contributed by atoms with E-state index in [1.807, 2.05) is 0 Å². The Morgan fingerprint density at radius 2 is 1.58 bits per heavy atom. The molecule has 1 nitrogen and oxygen atoms in total. The molecule has 72 valence electrons. The first kappa shape index (κ1) is 10.3. The van der Waals surface area contributed by atoms with E-state index in [1.54, 1.807) is 0 Å². The van der Waals surface area contributed by atoms with E-state index in [0.29, 0.717) is 0 Å². The second kappa shape index (κ2) is 4.43. The standard InChI is InChI=1S/C9H16FN.ClH/c10-9-5-8(6-9)7-1-3-11-4-2-7;/h7-9,11H,1-6H2;1H. The van der Waals surface area contributed by atoms with Crippen LogP contribution in [0.3, 0.4) is 0 Å². The number of hydrogen-bond acceptors (Lipinski definition) is 1. The van der Waals surface area contributed by atoms with E-state index in [1.165, 1.54) is 12.8 Å². The molecule has 0 atom stereocenters. The zero-order chi connectivity index (χ0) is 7.68. The molecule has 0 aromatic heterocycles. The molecule has 0 spiro atoms. The molecule has 1 aliphatic carbocycles. The fourth-order valence-corrected chi connectivity index (χ4v) is 2.29. The van der Waals surface area contributed by atoms with E-state index in [0.717, 1.165) is 37.8 Å². The minimum absolute atomic E-state index is 0. The summed E-state index contributed by atoms with van der Waals surface area (Å²) in [5, 5.41) is 3.34. The first-order chi connectivity index (χ1) is 5.36. The van der Waals surface area contributed by atoms with Crippen molar-refractivity contribution in [2.24, 2.45) is 11.8 Å². The largest absolute Gasteiger partial charge is 0.317 e. The van der Waals surface area contributed by atoms with E-state index in [4.69, 9.17) is 0 Å². The van der Waals surface area contributed by atoms with Crippen molar-refractivity contribution in [3.8, 4) is 0 Å². The Balaban J connectivity index is 0.000000720. The molecule has 0 bridgehead atoms. The molecule has 0 aromatic rings. The van der Waals surface area contributed by atoms with Gasteiger partial charge in [0, 0.05) is 0 Å². The van der Waals surface area contributed by atoms with Gasteiger partial charge in [-0.15, -0.1) is 12.4 Å². The van der Waals surface area contributed by atoms with Gasteiger partial charge >= 0.3 is 0 Å². The van der Waals surface area contributed by atoms with Crippen molar-refractivity contribution in [2.75, 3.05) is 13.1 Å². The zero-order valence-electron chi connectivity index (χ0n) is 7.26. The smallest absolute Gasteiger partial charge is 0.101 e. The van der Waals surface area contributed by atoms with Crippen molar-refractivity contribution in [1.29, 1.82) is 0 Å². The van der Waals surface area contributed by atoms with Crippen LogP contribution >= 0.6 is 12.4 Å². The molecule has 2 aliphatic rings. The second-order valence-electron chi connectivity index (χ2n) is 3.92. The van der Waals surface area contributed by atoms with Crippen LogP contribution < -0.4 is 5.32 Å². The van der Waals surface area contributed by atoms with Crippen LogP contribution in [0.5, 0.6) is 0 Å². The van der Waals surface area contributed by atoms with Crippen LogP contribution in [0.15, 0.2) is 0 Å². The van der Waals surface area contributed by atoms with Gasteiger partial charge in [0.1, 0.15) is 6.17 Å². The van der Waals surface area contributed by atoms with Gasteiger partial charge in [-0.3, -0.25) is 0 Å². The molecule has 0 amide bonds. The molecule has 3 heteroatoms. The van der Waals surface area contributed by atoms with Crippen LogP contribution in [0.4, 0.5) is 4.39 Å². The van der Waals surface area contributed by atoms with Crippen LogP contribution in [0, 0.1) is 11.8 Å². The van der Waals surface area contributed by atoms with E-state index in [9.17, 15) is 4.39 Å². The zero-order valence-corrected chi connectivity index (χ0v) is 8.08. The molecule has 0 radical (unpaired) electrons. The SMILES string of the molecule is Cl.FC1CC(C2CCNCC2)C1. The monoisotopic (exact) mass is 193 g/mol. The molecule has 1 saturated carbocycles. The highest BCUT2D eigenvalue weighted by atomic mass is 35.5. The van der Waals surface area contributed by atoms with Crippen LogP contribution in [0.2, 0.25) is 0 Å². The van der Waals surface area contributed by atoms with Gasteiger partial charge in [-0.2, -0.15) is 0 Å². The van der Waals surface area contributed by atoms with E-state index < -0.39 is 6.17 Å². The molecular weight excluding hydrogens is 177 g/mol. The summed E-state index contributed by atoms with van der Waals surface area (Å²) in [6, 6.07) is 0. The minimum Gasteiger partial charge on any atom is -0.317 e. The minimum atomic E-state index is -0.463. The first-order valence-electron chi connectivity index (χ1n) is 4.71. The second-order valence-corrected chi connectivity index (χ2v) is 3.92. The average Bonchev–Trinajstić information content (AvgIpc) is 2.01. The van der Waals surface area contributed by atoms with Gasteiger partial charge < -0.3 is 5.32 Å². The lowest BCUT2D eigenvalue weighted by molar-refractivity contribution is 0.0696. The molecule has 0 aromatic carbocycles. The summed E-state index contributed by atoms with van der Waals surface area (Å²) in [5.74, 6) is 1.57. The normalized spacial score (nSPS) is 36.8. The molecular formula is C9H17ClFN. The van der Waals surface area contributed by atoms with Gasteiger partial charge in [-0.1, -0.05) is 0 Å². The summed E-state index contributed by atoms with van der Waals surface area (Å²) >= 11 is 0. The maximum atomic E-state index is 12.5. The summed E-state index contributed by atoms with van der Waals surface area (Å²) in [6.45, 7) is 2.30. The fraction of sp³-hybridized carbons (Fsp3) is 1.00. The van der Waals surface area contributed by atoms with Gasteiger partial charge in [0.2, 0.25) is 0 Å². The number of hydrogen-bond donors (Lipinski definition) is 1. The molecule has 0 unspecified atom stereocenters. The van der Waals surface area contributed by atoms with Crippen molar-refractivity contribution in [1.82, 2.24) is 5.32 Å². The quantitative estimate of drug-likeness (QED) is 0.673. The van der Waals surface area contributed by atoms with Gasteiger partial charge in [-0.05, 0) is 50.6 Å². The Morgan fingerprint density at radius 1 is 1.00 bits per heavy atom. The molecule has 1 aliphatic heterocycles. The Morgan fingerprint density at radius 3 is 2.08 bits per heavy atom. The van der Waals surface area contributed by atoms with Crippen LogP contribution in [0.25, 0.3) is 0 Å². The lowest BCUT2D eigenvalue weighted by Gasteiger charge is -2.38. The van der Waals surface area contributed by atoms with Crippen LogP contribution in [-0.2, 0) is 0 Å².